The Bertz CT molecular complexity index is 723. The van der Waals surface area contributed by atoms with Gasteiger partial charge < -0.3 is 14.8 Å². The van der Waals surface area contributed by atoms with E-state index in [1.54, 1.807) is 11.4 Å². The zero-order chi connectivity index (χ0) is 20.6. The third-order valence-corrected chi connectivity index (χ3v) is 2.97. The molecule has 0 radical (unpaired) electrons. The fraction of sp³-hybridized carbons (Fsp3) is 0.333. The molecule has 2 N–H and O–H groups in total. The number of hydrogen-bond acceptors (Lipinski definition) is 6. The van der Waals surface area contributed by atoms with Crippen LogP contribution in [0.15, 0.2) is 24.3 Å². The summed E-state index contributed by atoms with van der Waals surface area (Å²) in [7, 11) is 2.49. The van der Waals surface area contributed by atoms with E-state index in [2.05, 4.69) is 4.74 Å². The lowest BCUT2D eigenvalue weighted by Gasteiger charge is -2.18. The van der Waals surface area contributed by atoms with Crippen molar-refractivity contribution < 1.29 is 41.8 Å². The van der Waals surface area contributed by atoms with Crippen LogP contribution >= 0.6 is 0 Å². The van der Waals surface area contributed by atoms with E-state index in [-0.39, 0.29) is 11.3 Å². The molecule has 0 aliphatic heterocycles. The van der Waals surface area contributed by atoms with E-state index in [4.69, 9.17) is 4.74 Å². The highest BCUT2D eigenvalue weighted by Gasteiger charge is 2.28. The lowest BCUT2D eigenvalue weighted by Crippen LogP contribution is -2.44. The van der Waals surface area contributed by atoms with Crippen molar-refractivity contribution in [3.8, 4) is 0 Å². The summed E-state index contributed by atoms with van der Waals surface area (Å²) in [6.07, 6.45) is -5.39. The number of hydrogen-bond donors (Lipinski definition) is 2. The summed E-state index contributed by atoms with van der Waals surface area (Å²) in [6, 6.07) is 4.39. The van der Waals surface area contributed by atoms with E-state index < -0.39 is 43.3 Å². The van der Waals surface area contributed by atoms with Gasteiger partial charge in [-0.05, 0) is 12.1 Å². The highest BCUT2D eigenvalue weighted by atomic mass is 19.4. The highest BCUT2D eigenvalue weighted by Crippen LogP contribution is 2.20. The van der Waals surface area contributed by atoms with Crippen molar-refractivity contribution in [1.82, 2.24) is 10.6 Å². The number of carbonyl (C=O) groups excluding carboxylic acids is 4. The largest absolute Gasteiger partial charge is 0.452 e. The number of alkyl halides is 3. The summed E-state index contributed by atoms with van der Waals surface area (Å²) >= 11 is 0. The molecule has 0 fully saturated rings. The minimum absolute atomic E-state index is 0.0697. The topological polar surface area (TPSA) is 114 Å². The minimum Gasteiger partial charge on any atom is -0.452 e. The Morgan fingerprint density at radius 3 is 2.37 bits per heavy atom. The molecule has 148 valence electrons. The van der Waals surface area contributed by atoms with Gasteiger partial charge in [0.15, 0.2) is 6.61 Å². The fourth-order valence-electron chi connectivity index (χ4n) is 1.77. The second-order valence-corrected chi connectivity index (χ2v) is 4.97. The molecule has 0 saturated heterocycles. The maximum Gasteiger partial charge on any atom is 0.413 e. The van der Waals surface area contributed by atoms with Crippen LogP contribution in [0.25, 0.3) is 0 Å². The van der Waals surface area contributed by atoms with Crippen LogP contribution in [0.4, 0.5) is 28.4 Å². The molecule has 1 aromatic rings. The van der Waals surface area contributed by atoms with Gasteiger partial charge in [0.2, 0.25) is 0 Å². The Morgan fingerprint density at radius 1 is 1.15 bits per heavy atom. The highest BCUT2D eigenvalue weighted by molar-refractivity contribution is 6.02. The van der Waals surface area contributed by atoms with Gasteiger partial charge >= 0.3 is 24.3 Å². The number of methoxy groups -OCH3 is 1. The zero-order valence-electron chi connectivity index (χ0n) is 14.3. The number of carbonyl (C=O) groups is 4. The normalized spacial score (nSPS) is 10.6. The van der Waals surface area contributed by atoms with E-state index in [9.17, 15) is 32.3 Å². The zero-order valence-corrected chi connectivity index (χ0v) is 14.3. The SMILES string of the molecule is COC(=O)N(C)c1ccccc1C(=O)OCC(=O)NC(=O)NCC(F)(F)F. The van der Waals surface area contributed by atoms with Crippen LogP contribution in [0, 0.1) is 0 Å². The monoisotopic (exact) mass is 391 g/mol. The minimum atomic E-state index is -4.64. The summed E-state index contributed by atoms with van der Waals surface area (Å²) in [4.78, 5) is 47.3. The Hall–Kier alpha value is -3.31. The molecule has 0 aliphatic carbocycles. The molecule has 4 amide bonds. The van der Waals surface area contributed by atoms with Gasteiger partial charge in [-0.1, -0.05) is 12.1 Å². The van der Waals surface area contributed by atoms with Gasteiger partial charge in [0.05, 0.1) is 18.4 Å². The third kappa shape index (κ3) is 7.22. The third-order valence-electron chi connectivity index (χ3n) is 2.97. The van der Waals surface area contributed by atoms with E-state index in [0.29, 0.717) is 0 Å². The molecule has 0 aromatic heterocycles. The van der Waals surface area contributed by atoms with Crippen molar-refractivity contribution in [2.75, 3.05) is 32.2 Å². The van der Waals surface area contributed by atoms with E-state index in [0.717, 1.165) is 12.0 Å². The predicted molar refractivity (Wildman–Crippen MR) is 85.1 cm³/mol. The van der Waals surface area contributed by atoms with Gasteiger partial charge in [-0.25, -0.2) is 14.4 Å². The first-order chi connectivity index (χ1) is 12.5. The van der Waals surface area contributed by atoms with Crippen LogP contribution in [0.5, 0.6) is 0 Å². The number of imide groups is 1. The summed E-state index contributed by atoms with van der Waals surface area (Å²) < 4.78 is 45.1. The van der Waals surface area contributed by atoms with Gasteiger partial charge in [-0.15, -0.1) is 0 Å². The Balaban J connectivity index is 2.64. The maximum absolute atomic E-state index is 12.1. The number of benzene rings is 1. The molecule has 1 aromatic carbocycles. The van der Waals surface area contributed by atoms with E-state index in [1.165, 1.54) is 30.6 Å². The number of nitrogens with one attached hydrogen (secondary N) is 2. The lowest BCUT2D eigenvalue weighted by molar-refractivity contribution is -0.125. The van der Waals surface area contributed by atoms with Crippen LogP contribution in [0.1, 0.15) is 10.4 Å². The first-order valence-corrected chi connectivity index (χ1v) is 7.27. The first kappa shape index (κ1) is 21.7. The second-order valence-electron chi connectivity index (χ2n) is 4.97. The number of nitrogens with zero attached hydrogens (tertiary/aromatic N) is 1. The van der Waals surface area contributed by atoms with Gasteiger partial charge in [-0.2, -0.15) is 13.2 Å². The molecule has 0 aliphatic rings. The standard InChI is InChI=1S/C15H16F3N3O6/c1-21(14(25)26-2)10-6-4-3-5-9(10)12(23)27-7-11(22)20-13(24)19-8-15(16,17)18/h3-6H,7-8H2,1-2H3,(H2,19,20,22,24). The number of para-hydroxylation sites is 1. The molecular weight excluding hydrogens is 375 g/mol. The van der Waals surface area contributed by atoms with Gasteiger partial charge in [-0.3, -0.25) is 15.0 Å². The van der Waals surface area contributed by atoms with Crippen LogP contribution in [0.2, 0.25) is 0 Å². The summed E-state index contributed by atoms with van der Waals surface area (Å²) in [6.45, 7) is -2.55. The number of ether oxygens (including phenoxy) is 2. The molecule has 0 spiro atoms. The summed E-state index contributed by atoms with van der Waals surface area (Å²) in [5.74, 6) is -2.13. The van der Waals surface area contributed by atoms with Crippen molar-refractivity contribution in [2.45, 2.75) is 6.18 Å². The lowest BCUT2D eigenvalue weighted by atomic mass is 10.1. The maximum atomic E-state index is 12.1. The molecular formula is C15H16F3N3O6. The number of rotatable bonds is 5. The van der Waals surface area contributed by atoms with Crippen molar-refractivity contribution in [2.24, 2.45) is 0 Å². The number of urea groups is 1. The van der Waals surface area contributed by atoms with Crippen molar-refractivity contribution in [1.29, 1.82) is 0 Å². The Morgan fingerprint density at radius 2 is 1.78 bits per heavy atom. The van der Waals surface area contributed by atoms with Gasteiger partial charge in [0.1, 0.15) is 6.54 Å². The molecule has 12 heteroatoms. The Labute approximate surface area is 151 Å². The first-order valence-electron chi connectivity index (χ1n) is 7.27. The Kier molecular flexibility index (Phi) is 7.57. The molecule has 0 unspecified atom stereocenters. The molecule has 0 atom stereocenters. The number of halogens is 3. The molecule has 0 heterocycles. The van der Waals surface area contributed by atoms with E-state index >= 15 is 0 Å². The van der Waals surface area contributed by atoms with Crippen molar-refractivity contribution >= 4 is 29.7 Å². The predicted octanol–water partition coefficient (Wildman–Crippen LogP) is 1.43. The summed E-state index contributed by atoms with van der Waals surface area (Å²) in [5, 5.41) is 2.99. The number of amides is 4. The number of anilines is 1. The van der Waals surface area contributed by atoms with Crippen LogP contribution < -0.4 is 15.5 Å². The molecule has 0 bridgehead atoms. The average Bonchev–Trinajstić information content (AvgIpc) is 2.62. The van der Waals surface area contributed by atoms with Crippen molar-refractivity contribution in [3.05, 3.63) is 29.8 Å². The smallest absolute Gasteiger partial charge is 0.413 e. The van der Waals surface area contributed by atoms with Crippen molar-refractivity contribution in [3.63, 3.8) is 0 Å². The average molecular weight is 391 g/mol. The molecule has 27 heavy (non-hydrogen) atoms. The molecule has 9 nitrogen and oxygen atoms in total. The molecule has 1 rings (SSSR count). The van der Waals surface area contributed by atoms with E-state index in [1.807, 2.05) is 0 Å². The number of esters is 1. The fourth-order valence-corrected chi connectivity index (χ4v) is 1.77. The summed E-state index contributed by atoms with van der Waals surface area (Å²) in [5.41, 5.74) is 0.0670. The van der Waals surface area contributed by atoms with Gasteiger partial charge in [0, 0.05) is 7.05 Å². The van der Waals surface area contributed by atoms with Crippen LogP contribution in [0.3, 0.4) is 0 Å². The van der Waals surface area contributed by atoms with Crippen LogP contribution in [-0.2, 0) is 14.3 Å². The second kappa shape index (κ2) is 9.40. The molecule has 0 saturated carbocycles. The van der Waals surface area contributed by atoms with Gasteiger partial charge in [0.25, 0.3) is 5.91 Å². The van der Waals surface area contributed by atoms with Crippen LogP contribution in [-0.4, -0.2) is 57.5 Å². The quantitative estimate of drug-likeness (QED) is 0.734.